The van der Waals surface area contributed by atoms with Gasteiger partial charge in [-0.05, 0) is 49.2 Å². The quantitative estimate of drug-likeness (QED) is 0.811. The summed E-state index contributed by atoms with van der Waals surface area (Å²) in [5.74, 6) is 2.67. The Hall–Kier alpha value is -2.20. The molecule has 1 unspecified atom stereocenters. The van der Waals surface area contributed by atoms with Crippen molar-refractivity contribution in [3.05, 3.63) is 53.6 Å². The molecule has 0 spiro atoms. The largest absolute Gasteiger partial charge is 0.497 e. The lowest BCUT2D eigenvalue weighted by molar-refractivity contribution is 0.340. The molecule has 4 heteroatoms. The summed E-state index contributed by atoms with van der Waals surface area (Å²) in [6.07, 6.45) is 0.853. The summed E-state index contributed by atoms with van der Waals surface area (Å²) in [5.41, 5.74) is 8.34. The van der Waals surface area contributed by atoms with Crippen LogP contribution in [-0.2, 0) is 6.42 Å². The molecule has 0 fully saturated rings. The lowest BCUT2D eigenvalue weighted by Crippen LogP contribution is -2.16. The van der Waals surface area contributed by atoms with Crippen LogP contribution in [0.3, 0.4) is 0 Å². The zero-order valence-corrected chi connectivity index (χ0v) is 14.0. The second kappa shape index (κ2) is 8.44. The first-order chi connectivity index (χ1) is 11.2. The number of hydrogen-bond acceptors (Lipinski definition) is 4. The van der Waals surface area contributed by atoms with Gasteiger partial charge in [-0.2, -0.15) is 0 Å². The van der Waals surface area contributed by atoms with Crippen molar-refractivity contribution in [2.24, 2.45) is 5.73 Å². The second-order valence-electron chi connectivity index (χ2n) is 5.32. The van der Waals surface area contributed by atoms with Gasteiger partial charge in [-0.3, -0.25) is 0 Å². The normalized spacial score (nSPS) is 11.8. The molecule has 0 radical (unpaired) electrons. The zero-order chi connectivity index (χ0) is 16.7. The van der Waals surface area contributed by atoms with Gasteiger partial charge in [-0.25, -0.2) is 0 Å². The van der Waals surface area contributed by atoms with Gasteiger partial charge in [0.2, 0.25) is 0 Å². The zero-order valence-electron chi connectivity index (χ0n) is 14.0. The molecule has 124 valence electrons. The van der Waals surface area contributed by atoms with Gasteiger partial charge < -0.3 is 19.9 Å². The molecule has 1 atom stereocenters. The van der Waals surface area contributed by atoms with Crippen LogP contribution >= 0.6 is 0 Å². The molecule has 2 aromatic carbocycles. The Bertz CT molecular complexity index is 611. The maximum atomic E-state index is 6.01. The maximum Gasteiger partial charge on any atom is 0.126 e. The molecule has 0 aliphatic heterocycles. The second-order valence-corrected chi connectivity index (χ2v) is 5.32. The van der Waals surface area contributed by atoms with E-state index in [0.717, 1.165) is 29.2 Å². The number of hydrogen-bond donors (Lipinski definition) is 1. The fourth-order valence-electron chi connectivity index (χ4n) is 2.65. The molecule has 2 rings (SSSR count). The van der Waals surface area contributed by atoms with Crippen LogP contribution in [0.4, 0.5) is 0 Å². The third-order valence-corrected chi connectivity index (χ3v) is 3.88. The Kier molecular flexibility index (Phi) is 6.29. The molecule has 0 heterocycles. The van der Waals surface area contributed by atoms with Gasteiger partial charge >= 0.3 is 0 Å². The van der Waals surface area contributed by atoms with E-state index >= 15 is 0 Å². The number of ether oxygens (including phenoxy) is 3. The number of benzene rings is 2. The molecule has 23 heavy (non-hydrogen) atoms. The highest BCUT2D eigenvalue weighted by Gasteiger charge is 2.16. The minimum atomic E-state index is 0.189. The fraction of sp³-hybridized carbons (Fsp3) is 0.368. The van der Waals surface area contributed by atoms with Crippen LogP contribution in [0.5, 0.6) is 17.2 Å². The summed E-state index contributed by atoms with van der Waals surface area (Å²) in [6, 6.07) is 14.0. The van der Waals surface area contributed by atoms with Crippen LogP contribution in [0.2, 0.25) is 0 Å². The van der Waals surface area contributed by atoms with E-state index in [4.69, 9.17) is 19.9 Å². The van der Waals surface area contributed by atoms with E-state index in [9.17, 15) is 0 Å². The van der Waals surface area contributed by atoms with Crippen LogP contribution in [-0.4, -0.2) is 27.4 Å². The van der Waals surface area contributed by atoms with E-state index in [-0.39, 0.29) is 5.92 Å². The average molecular weight is 315 g/mol. The summed E-state index contributed by atoms with van der Waals surface area (Å²) >= 11 is 0. The summed E-state index contributed by atoms with van der Waals surface area (Å²) in [4.78, 5) is 0. The monoisotopic (exact) mass is 315 g/mol. The molecule has 4 nitrogen and oxygen atoms in total. The topological polar surface area (TPSA) is 53.7 Å². The fourth-order valence-corrected chi connectivity index (χ4v) is 2.65. The molecule has 0 amide bonds. The van der Waals surface area contributed by atoms with Crippen molar-refractivity contribution in [3.63, 3.8) is 0 Å². The molecule has 0 aliphatic carbocycles. The molecule has 0 aromatic heterocycles. The first-order valence-corrected chi connectivity index (χ1v) is 7.85. The lowest BCUT2D eigenvalue weighted by Gasteiger charge is -2.19. The first-order valence-electron chi connectivity index (χ1n) is 7.85. The highest BCUT2D eigenvalue weighted by atomic mass is 16.5. The van der Waals surface area contributed by atoms with Crippen molar-refractivity contribution >= 4 is 0 Å². The molecule has 0 saturated heterocycles. The SMILES string of the molecule is CCOc1ccc(CC(CN)c2ccc(OC)cc2OC)cc1. The van der Waals surface area contributed by atoms with Gasteiger partial charge in [0, 0.05) is 12.0 Å². The Labute approximate surface area is 138 Å². The Morgan fingerprint density at radius 3 is 2.22 bits per heavy atom. The van der Waals surface area contributed by atoms with Crippen LogP contribution in [0, 0.1) is 0 Å². The molecule has 2 N–H and O–H groups in total. The highest BCUT2D eigenvalue weighted by Crippen LogP contribution is 2.32. The minimum absolute atomic E-state index is 0.189. The average Bonchev–Trinajstić information content (AvgIpc) is 2.61. The summed E-state index contributed by atoms with van der Waals surface area (Å²) < 4.78 is 16.2. The minimum Gasteiger partial charge on any atom is -0.497 e. The van der Waals surface area contributed by atoms with E-state index in [1.54, 1.807) is 14.2 Å². The van der Waals surface area contributed by atoms with Crippen LogP contribution in [0.15, 0.2) is 42.5 Å². The van der Waals surface area contributed by atoms with Gasteiger partial charge in [0.05, 0.1) is 20.8 Å². The molecule has 0 saturated carbocycles. The molecular formula is C19H25NO3. The summed E-state index contributed by atoms with van der Waals surface area (Å²) in [7, 11) is 3.32. The van der Waals surface area contributed by atoms with E-state index in [1.807, 2.05) is 37.3 Å². The van der Waals surface area contributed by atoms with Crippen molar-refractivity contribution in [2.45, 2.75) is 19.3 Å². The van der Waals surface area contributed by atoms with Crippen molar-refractivity contribution in [1.82, 2.24) is 0 Å². The lowest BCUT2D eigenvalue weighted by atomic mass is 9.91. The molecular weight excluding hydrogens is 290 g/mol. The summed E-state index contributed by atoms with van der Waals surface area (Å²) in [5, 5.41) is 0. The van der Waals surface area contributed by atoms with Crippen molar-refractivity contribution < 1.29 is 14.2 Å². The third kappa shape index (κ3) is 4.39. The smallest absolute Gasteiger partial charge is 0.126 e. The van der Waals surface area contributed by atoms with E-state index in [2.05, 4.69) is 12.1 Å². The van der Waals surface area contributed by atoms with E-state index in [1.165, 1.54) is 5.56 Å². The highest BCUT2D eigenvalue weighted by molar-refractivity contribution is 5.43. The van der Waals surface area contributed by atoms with Gasteiger partial charge in [-0.1, -0.05) is 18.2 Å². The van der Waals surface area contributed by atoms with Crippen molar-refractivity contribution in [3.8, 4) is 17.2 Å². The maximum absolute atomic E-state index is 6.01. The van der Waals surface area contributed by atoms with Gasteiger partial charge in [-0.15, -0.1) is 0 Å². The number of methoxy groups -OCH3 is 2. The molecule has 0 bridgehead atoms. The molecule has 0 aliphatic rings. The van der Waals surface area contributed by atoms with Gasteiger partial charge in [0.25, 0.3) is 0 Å². The Morgan fingerprint density at radius 1 is 0.957 bits per heavy atom. The molecule has 2 aromatic rings. The van der Waals surface area contributed by atoms with Gasteiger partial charge in [0.1, 0.15) is 17.2 Å². The Balaban J connectivity index is 2.19. The van der Waals surface area contributed by atoms with Crippen LogP contribution < -0.4 is 19.9 Å². The van der Waals surface area contributed by atoms with E-state index < -0.39 is 0 Å². The van der Waals surface area contributed by atoms with Crippen molar-refractivity contribution in [2.75, 3.05) is 27.4 Å². The number of rotatable bonds is 8. The van der Waals surface area contributed by atoms with Crippen molar-refractivity contribution in [1.29, 1.82) is 0 Å². The standard InChI is InChI=1S/C19H25NO3/c1-4-23-16-7-5-14(6-8-16)11-15(13-20)18-10-9-17(21-2)12-19(18)22-3/h5-10,12,15H,4,11,13,20H2,1-3H3. The van der Waals surface area contributed by atoms with Crippen LogP contribution in [0.25, 0.3) is 0 Å². The van der Waals surface area contributed by atoms with Gasteiger partial charge in [0.15, 0.2) is 0 Å². The predicted octanol–water partition coefficient (Wildman–Crippen LogP) is 3.39. The Morgan fingerprint density at radius 2 is 1.65 bits per heavy atom. The van der Waals surface area contributed by atoms with E-state index in [0.29, 0.717) is 13.2 Å². The van der Waals surface area contributed by atoms with Crippen LogP contribution in [0.1, 0.15) is 24.0 Å². The predicted molar refractivity (Wildman–Crippen MR) is 92.7 cm³/mol. The third-order valence-electron chi connectivity index (χ3n) is 3.88. The first kappa shape index (κ1) is 17.2. The summed E-state index contributed by atoms with van der Waals surface area (Å²) in [6.45, 7) is 3.21. The number of nitrogens with two attached hydrogens (primary N) is 1.